The molecule has 2 N–H and O–H groups in total. The Balaban J connectivity index is 1.38. The first-order valence-corrected chi connectivity index (χ1v) is 10.9. The first-order valence-electron chi connectivity index (χ1n) is 10.0. The zero-order valence-electron chi connectivity index (χ0n) is 18.4. The maximum Gasteiger partial charge on any atom is 0.240 e. The molecule has 2 aromatic carbocycles. The molecule has 1 aliphatic heterocycles. The lowest BCUT2D eigenvalue weighted by Crippen LogP contribution is -2.41. The van der Waals surface area contributed by atoms with E-state index in [1.807, 2.05) is 49.6 Å². The maximum atomic E-state index is 12.5. The van der Waals surface area contributed by atoms with Crippen molar-refractivity contribution in [2.24, 2.45) is 0 Å². The Hall–Kier alpha value is -3.30. The number of rotatable bonds is 8. The van der Waals surface area contributed by atoms with Gasteiger partial charge in [-0.3, -0.25) is 10.1 Å². The summed E-state index contributed by atoms with van der Waals surface area (Å²) in [6.45, 7) is 4.37. The van der Waals surface area contributed by atoms with Gasteiger partial charge in [0.2, 0.25) is 12.7 Å². The standard InChI is InChI=1S/C23H25N3O5S/c1-23(2,14-5-8-18-20(9-14)31-13-30-18)24-11-21(27)26-22-25-17(12-32-22)16-7-6-15(28-3)10-19(16)29-4/h5-10,12,24H,11,13H2,1-4H3,(H,25,26,27). The zero-order valence-corrected chi connectivity index (χ0v) is 19.2. The highest BCUT2D eigenvalue weighted by atomic mass is 32.1. The monoisotopic (exact) mass is 455 g/mol. The molecule has 0 bridgehead atoms. The predicted molar refractivity (Wildman–Crippen MR) is 123 cm³/mol. The van der Waals surface area contributed by atoms with Crippen LogP contribution >= 0.6 is 11.3 Å². The van der Waals surface area contributed by atoms with Gasteiger partial charge in [0.1, 0.15) is 11.5 Å². The highest BCUT2D eigenvalue weighted by Gasteiger charge is 2.24. The van der Waals surface area contributed by atoms with Crippen molar-refractivity contribution in [3.63, 3.8) is 0 Å². The van der Waals surface area contributed by atoms with Crippen LogP contribution in [0.15, 0.2) is 41.8 Å². The molecule has 8 nitrogen and oxygen atoms in total. The Bertz CT molecular complexity index is 1130. The molecule has 1 amide bonds. The molecule has 0 fully saturated rings. The summed E-state index contributed by atoms with van der Waals surface area (Å²) in [5.74, 6) is 2.62. The second-order valence-electron chi connectivity index (χ2n) is 7.70. The van der Waals surface area contributed by atoms with E-state index in [-0.39, 0.29) is 19.2 Å². The molecule has 0 radical (unpaired) electrons. The van der Waals surface area contributed by atoms with E-state index in [2.05, 4.69) is 15.6 Å². The molecule has 168 valence electrons. The van der Waals surface area contributed by atoms with E-state index in [4.69, 9.17) is 18.9 Å². The number of carbonyl (C=O) groups excluding carboxylic acids is 1. The lowest BCUT2D eigenvalue weighted by Gasteiger charge is -2.27. The van der Waals surface area contributed by atoms with E-state index < -0.39 is 5.54 Å². The normalized spacial score (nSPS) is 12.5. The van der Waals surface area contributed by atoms with Crippen LogP contribution in [0.25, 0.3) is 11.3 Å². The molecular weight excluding hydrogens is 430 g/mol. The summed E-state index contributed by atoms with van der Waals surface area (Å²) in [5, 5.41) is 8.54. The van der Waals surface area contributed by atoms with Crippen molar-refractivity contribution in [3.05, 3.63) is 47.3 Å². The SMILES string of the molecule is COc1ccc(-c2csc(NC(=O)CNC(C)(C)c3ccc4c(c3)OCO4)n2)c(OC)c1. The molecule has 4 rings (SSSR count). The summed E-state index contributed by atoms with van der Waals surface area (Å²) in [4.78, 5) is 17.1. The average molecular weight is 456 g/mol. The Morgan fingerprint density at radius 3 is 2.72 bits per heavy atom. The summed E-state index contributed by atoms with van der Waals surface area (Å²) in [5.41, 5.74) is 2.10. The number of anilines is 1. The van der Waals surface area contributed by atoms with E-state index in [1.54, 1.807) is 20.3 Å². The molecule has 2 heterocycles. The molecule has 3 aromatic rings. The summed E-state index contributed by atoms with van der Waals surface area (Å²) < 4.78 is 21.5. The van der Waals surface area contributed by atoms with Gasteiger partial charge in [0.05, 0.1) is 26.5 Å². The largest absolute Gasteiger partial charge is 0.497 e. The molecule has 0 atom stereocenters. The van der Waals surface area contributed by atoms with Crippen LogP contribution in [0.3, 0.4) is 0 Å². The van der Waals surface area contributed by atoms with Crippen LogP contribution in [-0.2, 0) is 10.3 Å². The predicted octanol–water partition coefficient (Wildman–Crippen LogP) is 4.02. The number of carbonyl (C=O) groups is 1. The van der Waals surface area contributed by atoms with Gasteiger partial charge in [0.15, 0.2) is 16.6 Å². The molecule has 1 aliphatic rings. The summed E-state index contributed by atoms with van der Waals surface area (Å²) in [6.07, 6.45) is 0. The maximum absolute atomic E-state index is 12.5. The summed E-state index contributed by atoms with van der Waals surface area (Å²) in [6, 6.07) is 11.3. The molecule has 0 unspecified atom stereocenters. The Kier molecular flexibility index (Phi) is 6.20. The van der Waals surface area contributed by atoms with Gasteiger partial charge >= 0.3 is 0 Å². The van der Waals surface area contributed by atoms with Gasteiger partial charge in [-0.25, -0.2) is 4.98 Å². The first-order chi connectivity index (χ1) is 15.4. The molecule has 1 aromatic heterocycles. The van der Waals surface area contributed by atoms with Gasteiger partial charge < -0.3 is 24.3 Å². The molecular formula is C23H25N3O5S. The second kappa shape index (κ2) is 9.05. The van der Waals surface area contributed by atoms with E-state index in [9.17, 15) is 4.79 Å². The number of benzene rings is 2. The van der Waals surface area contributed by atoms with Gasteiger partial charge in [-0.05, 0) is 43.7 Å². The van der Waals surface area contributed by atoms with Crippen molar-refractivity contribution in [1.29, 1.82) is 0 Å². The fourth-order valence-corrected chi connectivity index (χ4v) is 4.04. The number of methoxy groups -OCH3 is 2. The molecule has 0 aliphatic carbocycles. The van der Waals surface area contributed by atoms with E-state index in [1.165, 1.54) is 11.3 Å². The third-order valence-electron chi connectivity index (χ3n) is 5.22. The smallest absolute Gasteiger partial charge is 0.240 e. The van der Waals surface area contributed by atoms with Crippen molar-refractivity contribution in [3.8, 4) is 34.3 Å². The number of nitrogens with one attached hydrogen (secondary N) is 2. The third-order valence-corrected chi connectivity index (χ3v) is 5.98. The Morgan fingerprint density at radius 2 is 1.94 bits per heavy atom. The van der Waals surface area contributed by atoms with Crippen molar-refractivity contribution < 1.29 is 23.7 Å². The number of nitrogens with zero attached hydrogens (tertiary/aromatic N) is 1. The second-order valence-corrected chi connectivity index (χ2v) is 8.56. The summed E-state index contributed by atoms with van der Waals surface area (Å²) >= 11 is 1.36. The fraction of sp³-hybridized carbons (Fsp3) is 0.304. The topological polar surface area (TPSA) is 90.9 Å². The highest BCUT2D eigenvalue weighted by Crippen LogP contribution is 2.36. The minimum Gasteiger partial charge on any atom is -0.497 e. The number of fused-ring (bicyclic) bond motifs is 1. The first kappa shape index (κ1) is 21.9. The van der Waals surface area contributed by atoms with E-state index >= 15 is 0 Å². The van der Waals surface area contributed by atoms with E-state index in [0.717, 1.165) is 22.6 Å². The molecule has 0 saturated carbocycles. The van der Waals surface area contributed by atoms with Crippen LogP contribution in [0, 0.1) is 0 Å². The number of hydrogen-bond donors (Lipinski definition) is 2. The number of aromatic nitrogens is 1. The van der Waals surface area contributed by atoms with Crippen LogP contribution in [0.2, 0.25) is 0 Å². The minimum absolute atomic E-state index is 0.127. The number of hydrogen-bond acceptors (Lipinski definition) is 8. The summed E-state index contributed by atoms with van der Waals surface area (Å²) in [7, 11) is 3.20. The molecule has 32 heavy (non-hydrogen) atoms. The highest BCUT2D eigenvalue weighted by molar-refractivity contribution is 7.14. The molecule has 0 saturated heterocycles. The van der Waals surface area contributed by atoms with Gasteiger partial charge in [0.25, 0.3) is 0 Å². The van der Waals surface area contributed by atoms with Crippen molar-refractivity contribution >= 4 is 22.4 Å². The van der Waals surface area contributed by atoms with Gasteiger partial charge in [-0.15, -0.1) is 11.3 Å². The Labute approximate surface area is 190 Å². The van der Waals surface area contributed by atoms with Crippen LogP contribution in [0.4, 0.5) is 5.13 Å². The van der Waals surface area contributed by atoms with E-state index in [0.29, 0.717) is 22.4 Å². The van der Waals surface area contributed by atoms with Crippen molar-refractivity contribution in [2.45, 2.75) is 19.4 Å². The number of amides is 1. The Morgan fingerprint density at radius 1 is 1.12 bits per heavy atom. The number of ether oxygens (including phenoxy) is 4. The van der Waals surface area contributed by atoms with Crippen LogP contribution in [0.5, 0.6) is 23.0 Å². The van der Waals surface area contributed by atoms with Crippen molar-refractivity contribution in [1.82, 2.24) is 10.3 Å². The van der Waals surface area contributed by atoms with Crippen molar-refractivity contribution in [2.75, 3.05) is 32.9 Å². The quantitative estimate of drug-likeness (QED) is 0.530. The molecule has 9 heteroatoms. The van der Waals surface area contributed by atoms with Crippen LogP contribution in [0.1, 0.15) is 19.4 Å². The van der Waals surface area contributed by atoms with Crippen LogP contribution < -0.4 is 29.6 Å². The third kappa shape index (κ3) is 4.63. The number of thiazole rings is 1. The van der Waals surface area contributed by atoms with Gasteiger partial charge in [0, 0.05) is 22.5 Å². The zero-order chi connectivity index (χ0) is 22.7. The minimum atomic E-state index is -0.442. The lowest BCUT2D eigenvalue weighted by molar-refractivity contribution is -0.115. The van der Waals surface area contributed by atoms with Crippen LogP contribution in [-0.4, -0.2) is 38.4 Å². The molecule has 0 spiro atoms. The lowest BCUT2D eigenvalue weighted by atomic mass is 9.94. The van der Waals surface area contributed by atoms with Gasteiger partial charge in [-0.1, -0.05) is 6.07 Å². The van der Waals surface area contributed by atoms with Gasteiger partial charge in [-0.2, -0.15) is 0 Å². The fourth-order valence-electron chi connectivity index (χ4n) is 3.32. The average Bonchev–Trinajstić information content (AvgIpc) is 3.46.